The van der Waals surface area contributed by atoms with Crippen LogP contribution in [0.4, 0.5) is 4.39 Å². The van der Waals surface area contributed by atoms with Crippen LogP contribution in [0, 0.1) is 18.2 Å². The van der Waals surface area contributed by atoms with Crippen molar-refractivity contribution in [1.29, 1.82) is 0 Å². The maximum absolute atomic E-state index is 12.8. The lowest BCUT2D eigenvalue weighted by Gasteiger charge is -2.13. The molecule has 0 fully saturated rings. The van der Waals surface area contributed by atoms with Gasteiger partial charge in [0.2, 0.25) is 0 Å². The van der Waals surface area contributed by atoms with Gasteiger partial charge in [-0.3, -0.25) is 0 Å². The molecule has 0 heterocycles. The lowest BCUT2D eigenvalue weighted by Crippen LogP contribution is -2.30. The average Bonchev–Trinajstić information content (AvgIpc) is 2.27. The van der Waals surface area contributed by atoms with Gasteiger partial charge in [0.05, 0.1) is 6.04 Å². The molecule has 3 heteroatoms. The molecule has 1 nitrogen and oxygen atoms in total. The van der Waals surface area contributed by atoms with Crippen molar-refractivity contribution in [1.82, 2.24) is 5.32 Å². The van der Waals surface area contributed by atoms with E-state index in [0.717, 1.165) is 18.5 Å². The lowest BCUT2D eigenvalue weighted by atomic mass is 10.1. The molecule has 0 saturated heterocycles. The molecule has 0 bridgehead atoms. The molecular formula is C13H15ClFN. The summed E-state index contributed by atoms with van der Waals surface area (Å²) in [5.41, 5.74) is 0.870. The topological polar surface area (TPSA) is 12.0 Å². The molecule has 1 atom stereocenters. The molecule has 0 aliphatic heterocycles. The molecule has 16 heavy (non-hydrogen) atoms. The van der Waals surface area contributed by atoms with E-state index in [1.807, 2.05) is 0 Å². The van der Waals surface area contributed by atoms with E-state index in [1.165, 1.54) is 12.1 Å². The fourth-order valence-electron chi connectivity index (χ4n) is 1.42. The summed E-state index contributed by atoms with van der Waals surface area (Å²) in [6, 6.07) is 4.33. The van der Waals surface area contributed by atoms with Crippen molar-refractivity contribution in [2.24, 2.45) is 0 Å². The molecule has 86 valence electrons. The molecule has 1 aromatic rings. The number of hydrogen-bond donors (Lipinski definition) is 1. The number of halogens is 2. The predicted octanol–water partition coefficient (Wildman–Crippen LogP) is 3.02. The second kappa shape index (κ2) is 6.52. The van der Waals surface area contributed by atoms with Crippen LogP contribution in [0.5, 0.6) is 0 Å². The highest BCUT2D eigenvalue weighted by atomic mass is 35.5. The molecule has 0 aliphatic rings. The van der Waals surface area contributed by atoms with E-state index in [-0.39, 0.29) is 11.9 Å². The van der Waals surface area contributed by atoms with E-state index in [9.17, 15) is 4.39 Å². The zero-order valence-corrected chi connectivity index (χ0v) is 10.0. The molecule has 1 aromatic carbocycles. The zero-order valence-electron chi connectivity index (χ0n) is 9.26. The number of terminal acetylenes is 1. The van der Waals surface area contributed by atoms with Crippen LogP contribution in [-0.2, 0) is 6.42 Å². The fraction of sp³-hybridized carbons (Fsp3) is 0.385. The van der Waals surface area contributed by atoms with Crippen molar-refractivity contribution in [3.8, 4) is 12.3 Å². The van der Waals surface area contributed by atoms with Gasteiger partial charge in [-0.25, -0.2) is 4.39 Å². The van der Waals surface area contributed by atoms with Crippen molar-refractivity contribution in [3.63, 3.8) is 0 Å². The summed E-state index contributed by atoms with van der Waals surface area (Å²) in [6.07, 6.45) is 7.06. The third-order valence-electron chi connectivity index (χ3n) is 2.28. The Morgan fingerprint density at radius 2 is 2.31 bits per heavy atom. The van der Waals surface area contributed by atoms with Crippen molar-refractivity contribution < 1.29 is 4.39 Å². The van der Waals surface area contributed by atoms with Gasteiger partial charge >= 0.3 is 0 Å². The molecular weight excluding hydrogens is 225 g/mol. The Morgan fingerprint density at radius 3 is 2.88 bits per heavy atom. The molecule has 0 aromatic heterocycles. The largest absolute Gasteiger partial charge is 0.303 e. The van der Waals surface area contributed by atoms with Gasteiger partial charge in [-0.05, 0) is 30.7 Å². The summed E-state index contributed by atoms with van der Waals surface area (Å²) in [5.74, 6) is 2.34. The van der Waals surface area contributed by atoms with Crippen LogP contribution in [0.25, 0.3) is 0 Å². The Hall–Kier alpha value is -1.04. The van der Waals surface area contributed by atoms with Gasteiger partial charge in [0.1, 0.15) is 5.82 Å². The van der Waals surface area contributed by atoms with E-state index in [0.29, 0.717) is 11.4 Å². The third kappa shape index (κ3) is 3.84. The SMILES string of the molecule is C#CC(Cc1ccc(F)cc1Cl)NCCC. The van der Waals surface area contributed by atoms with E-state index in [1.54, 1.807) is 6.07 Å². The van der Waals surface area contributed by atoms with Gasteiger partial charge in [0.25, 0.3) is 0 Å². The number of benzene rings is 1. The first kappa shape index (κ1) is 13.0. The molecule has 0 aliphatic carbocycles. The minimum Gasteiger partial charge on any atom is -0.303 e. The van der Waals surface area contributed by atoms with Crippen LogP contribution >= 0.6 is 11.6 Å². The Kier molecular flexibility index (Phi) is 5.31. The number of hydrogen-bond acceptors (Lipinski definition) is 1. The van der Waals surface area contributed by atoms with Crippen molar-refractivity contribution in [2.45, 2.75) is 25.8 Å². The fourth-order valence-corrected chi connectivity index (χ4v) is 1.66. The van der Waals surface area contributed by atoms with Crippen LogP contribution in [0.15, 0.2) is 18.2 Å². The van der Waals surface area contributed by atoms with Crippen LogP contribution in [-0.4, -0.2) is 12.6 Å². The van der Waals surface area contributed by atoms with Crippen LogP contribution in [0.1, 0.15) is 18.9 Å². The summed E-state index contributed by atoms with van der Waals surface area (Å²) in [4.78, 5) is 0. The Bertz CT molecular complexity index is 384. The van der Waals surface area contributed by atoms with E-state index in [4.69, 9.17) is 18.0 Å². The highest BCUT2D eigenvalue weighted by Gasteiger charge is 2.08. The van der Waals surface area contributed by atoms with E-state index in [2.05, 4.69) is 18.2 Å². The molecule has 0 spiro atoms. The predicted molar refractivity (Wildman–Crippen MR) is 66.0 cm³/mol. The van der Waals surface area contributed by atoms with Crippen molar-refractivity contribution in [2.75, 3.05) is 6.54 Å². The highest BCUT2D eigenvalue weighted by molar-refractivity contribution is 6.31. The Morgan fingerprint density at radius 1 is 1.56 bits per heavy atom. The van der Waals surface area contributed by atoms with Crippen LogP contribution in [0.2, 0.25) is 5.02 Å². The second-order valence-electron chi connectivity index (χ2n) is 3.61. The van der Waals surface area contributed by atoms with Gasteiger partial charge < -0.3 is 5.32 Å². The minimum atomic E-state index is -0.326. The zero-order chi connectivity index (χ0) is 12.0. The minimum absolute atomic E-state index is 0.0529. The first-order valence-corrected chi connectivity index (χ1v) is 5.68. The summed E-state index contributed by atoms with van der Waals surface area (Å²) in [6.45, 7) is 2.94. The highest BCUT2D eigenvalue weighted by Crippen LogP contribution is 2.18. The smallest absolute Gasteiger partial charge is 0.124 e. The quantitative estimate of drug-likeness (QED) is 0.779. The molecule has 0 saturated carbocycles. The summed E-state index contributed by atoms with van der Waals surface area (Å²) in [5, 5.41) is 3.65. The van der Waals surface area contributed by atoms with Crippen molar-refractivity contribution >= 4 is 11.6 Å². The lowest BCUT2D eigenvalue weighted by molar-refractivity contribution is 0.595. The normalized spacial score (nSPS) is 12.1. The monoisotopic (exact) mass is 239 g/mol. The van der Waals surface area contributed by atoms with E-state index < -0.39 is 0 Å². The Labute approximate surface area is 101 Å². The molecule has 1 N–H and O–H groups in total. The number of nitrogens with one attached hydrogen (secondary N) is 1. The van der Waals surface area contributed by atoms with Gasteiger partial charge in [-0.15, -0.1) is 6.42 Å². The van der Waals surface area contributed by atoms with Gasteiger partial charge in [0, 0.05) is 11.4 Å². The van der Waals surface area contributed by atoms with E-state index >= 15 is 0 Å². The Balaban J connectivity index is 2.67. The standard InChI is InChI=1S/C13H15ClFN/c1-3-7-16-12(4-2)8-10-5-6-11(15)9-13(10)14/h2,5-6,9,12,16H,3,7-8H2,1H3. The summed E-state index contributed by atoms with van der Waals surface area (Å²) in [7, 11) is 0. The molecule has 1 rings (SSSR count). The molecule has 1 unspecified atom stereocenters. The number of rotatable bonds is 5. The van der Waals surface area contributed by atoms with Crippen molar-refractivity contribution in [3.05, 3.63) is 34.6 Å². The van der Waals surface area contributed by atoms with Gasteiger partial charge in [-0.1, -0.05) is 30.5 Å². The molecule has 0 radical (unpaired) electrons. The maximum atomic E-state index is 12.8. The summed E-state index contributed by atoms with van der Waals surface area (Å²) < 4.78 is 12.8. The second-order valence-corrected chi connectivity index (χ2v) is 4.02. The van der Waals surface area contributed by atoms with Crippen LogP contribution in [0.3, 0.4) is 0 Å². The van der Waals surface area contributed by atoms with Gasteiger partial charge in [-0.2, -0.15) is 0 Å². The average molecular weight is 240 g/mol. The maximum Gasteiger partial charge on any atom is 0.124 e. The van der Waals surface area contributed by atoms with Crippen LogP contribution < -0.4 is 5.32 Å². The van der Waals surface area contributed by atoms with Gasteiger partial charge in [0.15, 0.2) is 0 Å². The third-order valence-corrected chi connectivity index (χ3v) is 2.63. The summed E-state index contributed by atoms with van der Waals surface area (Å²) >= 11 is 5.93. The molecule has 0 amide bonds. The first-order valence-electron chi connectivity index (χ1n) is 5.30. The first-order chi connectivity index (χ1) is 7.67.